The zero-order valence-electron chi connectivity index (χ0n) is 22.5. The van der Waals surface area contributed by atoms with Crippen LogP contribution in [0.5, 0.6) is 5.75 Å². The molecule has 5 rings (SSSR count). The third-order valence-corrected chi connectivity index (χ3v) is 7.84. The smallest absolute Gasteiger partial charge is 0.407 e. The van der Waals surface area contributed by atoms with Gasteiger partial charge in [-0.1, -0.05) is 16.8 Å². The van der Waals surface area contributed by atoms with Crippen molar-refractivity contribution in [1.82, 2.24) is 25.3 Å². The van der Waals surface area contributed by atoms with E-state index >= 15 is 0 Å². The summed E-state index contributed by atoms with van der Waals surface area (Å²) in [6, 6.07) is 5.25. The molecule has 2 fully saturated rings. The maximum absolute atomic E-state index is 11.5. The molecule has 2 aliphatic rings. The molecule has 2 aliphatic heterocycles. The molecule has 0 radical (unpaired) electrons. The number of rotatable bonds is 8. The Bertz CT molecular complexity index is 1370. The topological polar surface area (TPSA) is 137 Å². The second-order valence-electron chi connectivity index (χ2n) is 10.5. The van der Waals surface area contributed by atoms with Crippen LogP contribution in [0.2, 0.25) is 5.02 Å². The molecule has 2 aromatic heterocycles. The van der Waals surface area contributed by atoms with E-state index in [1.807, 2.05) is 20.8 Å². The molecule has 2 saturated heterocycles. The van der Waals surface area contributed by atoms with Gasteiger partial charge in [0.15, 0.2) is 5.82 Å². The number of anilines is 1. The van der Waals surface area contributed by atoms with Crippen LogP contribution in [0.4, 0.5) is 10.6 Å². The van der Waals surface area contributed by atoms with Gasteiger partial charge in [-0.25, -0.2) is 14.8 Å². The number of aryl methyl sites for hydroxylation is 2. The van der Waals surface area contributed by atoms with Gasteiger partial charge in [0.2, 0.25) is 0 Å². The predicted octanol–water partition coefficient (Wildman–Crippen LogP) is 3.53. The summed E-state index contributed by atoms with van der Waals surface area (Å²) in [5.74, 6) is 2.38. The Morgan fingerprint density at radius 3 is 2.67 bits per heavy atom. The molecule has 0 aliphatic carbocycles. The summed E-state index contributed by atoms with van der Waals surface area (Å²) in [7, 11) is 1.77. The molecule has 1 atom stereocenters. The SMILES string of the molecule is CNC[C@H](O)COc1ccc(Cl)c(-c2nc(-c3c(C)noc3C)c(C)c(N3CC4(CCN(C(=O)O)C4)C3)n2)c1. The monoisotopic (exact) mass is 556 g/mol. The highest BCUT2D eigenvalue weighted by atomic mass is 35.5. The van der Waals surface area contributed by atoms with E-state index in [1.54, 1.807) is 25.2 Å². The first-order valence-electron chi connectivity index (χ1n) is 12.9. The molecule has 1 aromatic carbocycles. The van der Waals surface area contributed by atoms with Gasteiger partial charge in [-0.15, -0.1) is 0 Å². The highest BCUT2D eigenvalue weighted by Gasteiger charge is 2.49. The molecular formula is C27H33ClN6O5. The third kappa shape index (κ3) is 5.26. The maximum atomic E-state index is 11.5. The summed E-state index contributed by atoms with van der Waals surface area (Å²) in [4.78, 5) is 25.1. The molecule has 1 spiro atoms. The van der Waals surface area contributed by atoms with Crippen LogP contribution in [-0.4, -0.2) is 88.8 Å². The first kappa shape index (κ1) is 27.2. The summed E-state index contributed by atoms with van der Waals surface area (Å²) < 4.78 is 11.3. The second kappa shape index (κ2) is 10.6. The molecule has 11 nitrogen and oxygen atoms in total. The fourth-order valence-electron chi connectivity index (χ4n) is 5.52. The van der Waals surface area contributed by atoms with Gasteiger partial charge in [-0.2, -0.15) is 0 Å². The molecule has 0 bridgehead atoms. The quantitative estimate of drug-likeness (QED) is 0.378. The molecule has 3 N–H and O–H groups in total. The maximum Gasteiger partial charge on any atom is 0.407 e. The van der Waals surface area contributed by atoms with Gasteiger partial charge in [0.1, 0.15) is 30.0 Å². The van der Waals surface area contributed by atoms with Gasteiger partial charge >= 0.3 is 6.09 Å². The lowest BCUT2D eigenvalue weighted by molar-refractivity contribution is 0.108. The molecule has 12 heteroatoms. The highest BCUT2D eigenvalue weighted by molar-refractivity contribution is 6.33. The number of hydrogen-bond donors (Lipinski definition) is 3. The Morgan fingerprint density at radius 1 is 1.26 bits per heavy atom. The molecular weight excluding hydrogens is 524 g/mol. The van der Waals surface area contributed by atoms with Crippen molar-refractivity contribution < 1.29 is 24.3 Å². The summed E-state index contributed by atoms with van der Waals surface area (Å²) in [5, 5.41) is 27.0. The normalized spacial score (nSPS) is 17.0. The van der Waals surface area contributed by atoms with Crippen molar-refractivity contribution in [2.75, 3.05) is 51.3 Å². The van der Waals surface area contributed by atoms with E-state index in [2.05, 4.69) is 15.4 Å². The van der Waals surface area contributed by atoms with E-state index < -0.39 is 12.2 Å². The lowest BCUT2D eigenvalue weighted by Crippen LogP contribution is -2.58. The average Bonchev–Trinajstić information content (AvgIpc) is 3.47. The number of likely N-dealkylation sites (N-methyl/N-ethyl adjacent to an activating group) is 1. The fourth-order valence-corrected chi connectivity index (χ4v) is 5.72. The Kier molecular flexibility index (Phi) is 7.41. The van der Waals surface area contributed by atoms with Crippen molar-refractivity contribution >= 4 is 23.5 Å². The number of likely N-dealkylation sites (tertiary alicyclic amines) is 1. The standard InChI is InChI=1S/C27H33ClN6O5/c1-15-23(22-16(2)32-39-17(22)3)30-24(20-9-19(5-6-21(20)28)38-11-18(35)10-29-4)31-25(15)34-13-27(14-34)7-8-33(12-27)26(36)37/h5-6,9,18,29,35H,7-8,10-14H2,1-4H3,(H,36,37)/t18-/m0/s1. The molecule has 3 aromatic rings. The minimum absolute atomic E-state index is 0.0707. The zero-order chi connectivity index (χ0) is 27.9. The van der Waals surface area contributed by atoms with Gasteiger partial charge < -0.3 is 34.6 Å². The number of amides is 1. The van der Waals surface area contributed by atoms with Gasteiger partial charge in [-0.3, -0.25) is 0 Å². The van der Waals surface area contributed by atoms with Crippen molar-refractivity contribution in [2.24, 2.45) is 5.41 Å². The van der Waals surface area contributed by atoms with Gasteiger partial charge in [-0.05, 0) is 52.4 Å². The Hall–Kier alpha value is -3.41. The number of carboxylic acid groups (broad SMARTS) is 1. The largest absolute Gasteiger partial charge is 0.491 e. The summed E-state index contributed by atoms with van der Waals surface area (Å²) in [5.41, 5.74) is 3.65. The minimum atomic E-state index is -0.873. The van der Waals surface area contributed by atoms with Crippen molar-refractivity contribution in [1.29, 1.82) is 0 Å². The number of nitrogens with one attached hydrogen (secondary N) is 1. The minimum Gasteiger partial charge on any atom is -0.491 e. The first-order chi connectivity index (χ1) is 18.6. The lowest BCUT2D eigenvalue weighted by Gasteiger charge is -2.49. The first-order valence-corrected chi connectivity index (χ1v) is 13.3. The fraction of sp³-hybridized carbons (Fsp3) is 0.481. The van der Waals surface area contributed by atoms with E-state index in [0.29, 0.717) is 66.3 Å². The molecule has 0 saturated carbocycles. The summed E-state index contributed by atoms with van der Waals surface area (Å²) in [6.07, 6.45) is -0.704. The lowest BCUT2D eigenvalue weighted by atomic mass is 9.79. The number of benzene rings is 1. The van der Waals surface area contributed by atoms with Crippen molar-refractivity contribution in [3.63, 3.8) is 0 Å². The molecule has 1 amide bonds. The number of hydrogen-bond acceptors (Lipinski definition) is 9. The van der Waals surface area contributed by atoms with Gasteiger partial charge in [0.25, 0.3) is 0 Å². The van der Waals surface area contributed by atoms with Crippen molar-refractivity contribution in [2.45, 2.75) is 33.3 Å². The molecule has 39 heavy (non-hydrogen) atoms. The molecule has 0 unspecified atom stereocenters. The van der Waals surface area contributed by atoms with Crippen LogP contribution in [0, 0.1) is 26.2 Å². The zero-order valence-corrected chi connectivity index (χ0v) is 23.2. The van der Waals surface area contributed by atoms with Crippen LogP contribution in [0.25, 0.3) is 22.6 Å². The Labute approximate surface area is 231 Å². The average molecular weight is 557 g/mol. The number of aromatic nitrogens is 3. The number of nitrogens with zero attached hydrogens (tertiary/aromatic N) is 5. The number of aliphatic hydroxyl groups is 1. The van der Waals surface area contributed by atoms with Crippen LogP contribution >= 0.6 is 11.6 Å². The van der Waals surface area contributed by atoms with Crippen LogP contribution in [0.15, 0.2) is 22.7 Å². The molecule has 4 heterocycles. The van der Waals surface area contributed by atoms with Crippen molar-refractivity contribution in [3.8, 4) is 28.4 Å². The Morgan fingerprint density at radius 2 is 2.03 bits per heavy atom. The third-order valence-electron chi connectivity index (χ3n) is 7.51. The summed E-state index contributed by atoms with van der Waals surface area (Å²) in [6.45, 7) is 8.72. The van der Waals surface area contributed by atoms with Crippen LogP contribution in [-0.2, 0) is 0 Å². The van der Waals surface area contributed by atoms with Crippen LogP contribution < -0.4 is 15.0 Å². The number of carbonyl (C=O) groups is 1. The Balaban J connectivity index is 1.52. The number of halogens is 1. The van der Waals surface area contributed by atoms with E-state index in [1.165, 1.54) is 4.90 Å². The van der Waals surface area contributed by atoms with E-state index in [4.69, 9.17) is 30.8 Å². The number of ether oxygens (including phenoxy) is 1. The van der Waals surface area contributed by atoms with Crippen molar-refractivity contribution in [3.05, 3.63) is 40.2 Å². The van der Waals surface area contributed by atoms with Crippen LogP contribution in [0.1, 0.15) is 23.4 Å². The van der Waals surface area contributed by atoms with E-state index in [9.17, 15) is 15.0 Å². The van der Waals surface area contributed by atoms with E-state index in [-0.39, 0.29) is 12.0 Å². The van der Waals surface area contributed by atoms with Gasteiger partial charge in [0.05, 0.1) is 22.0 Å². The second-order valence-corrected chi connectivity index (χ2v) is 10.9. The predicted molar refractivity (Wildman–Crippen MR) is 146 cm³/mol. The van der Waals surface area contributed by atoms with Crippen LogP contribution in [0.3, 0.4) is 0 Å². The van der Waals surface area contributed by atoms with E-state index in [0.717, 1.165) is 29.1 Å². The molecule has 208 valence electrons. The number of aliphatic hydroxyl groups excluding tert-OH is 1. The highest BCUT2D eigenvalue weighted by Crippen LogP contribution is 2.44. The van der Waals surface area contributed by atoms with Gasteiger partial charge in [0, 0.05) is 49.3 Å². The summed E-state index contributed by atoms with van der Waals surface area (Å²) >= 11 is 6.65.